The largest absolute Gasteiger partial charge is 0.139 e. The van der Waals surface area contributed by atoms with Gasteiger partial charge in [-0.2, -0.15) is 0 Å². The van der Waals surface area contributed by atoms with Gasteiger partial charge in [-0.3, -0.25) is 0 Å². The lowest BCUT2D eigenvalue weighted by Gasteiger charge is -1.66. The molecule has 0 radical (unpaired) electrons. The summed E-state index contributed by atoms with van der Waals surface area (Å²) in [5.41, 5.74) is 0. The molecule has 0 bridgehead atoms. The van der Waals surface area contributed by atoms with Gasteiger partial charge in [0.2, 0.25) is 0 Å². The Balaban J connectivity index is 3.41. The van der Waals surface area contributed by atoms with Gasteiger partial charge in [0.15, 0.2) is 0 Å². The Morgan fingerprint density at radius 3 is 2.50 bits per heavy atom. The molecule has 0 spiro atoms. The zero-order valence-electron chi connectivity index (χ0n) is 4.49. The van der Waals surface area contributed by atoms with Crippen molar-refractivity contribution in [1.29, 1.82) is 0 Å². The minimum Gasteiger partial charge on any atom is -0.139 e. The molecule has 8 heavy (non-hydrogen) atoms. The first-order valence-electron chi connectivity index (χ1n) is 2.07. The summed E-state index contributed by atoms with van der Waals surface area (Å²) >= 11 is 0. The number of allylic oxidation sites excluding steroid dienone is 1. The second kappa shape index (κ2) is 5.75. The van der Waals surface area contributed by atoms with E-state index in [1.54, 1.807) is 0 Å². The standard InChI is InChI=1S/C5H7N3/c1-3-5-7-8-6-4-2/h3-5H,1-2H2/b7-5-,8-6?. The van der Waals surface area contributed by atoms with E-state index in [0.29, 0.717) is 0 Å². The number of hydrogen-bond donors (Lipinski definition) is 0. The van der Waals surface area contributed by atoms with Crippen LogP contribution >= 0.6 is 0 Å². The number of hydrogen-bond acceptors (Lipinski definition) is 2. The normalized spacial score (nSPS) is 10.5. The van der Waals surface area contributed by atoms with Crippen LogP contribution < -0.4 is 0 Å². The Morgan fingerprint density at radius 1 is 1.25 bits per heavy atom. The van der Waals surface area contributed by atoms with Crippen LogP contribution in [-0.2, 0) is 0 Å². The van der Waals surface area contributed by atoms with Crippen molar-refractivity contribution in [3.8, 4) is 0 Å². The minimum atomic E-state index is 1.31. The number of nitrogens with zero attached hydrogens (tertiary/aromatic N) is 3. The SMILES string of the molecule is C=C/C=N\N=NC=C. The molecule has 0 fully saturated rings. The fourth-order valence-electron chi connectivity index (χ4n) is 0.143. The van der Waals surface area contributed by atoms with E-state index >= 15 is 0 Å². The fraction of sp³-hybridized carbons (Fsp3) is 0. The Kier molecular flexibility index (Phi) is 4.85. The molecular formula is C5H7N3. The summed E-state index contributed by atoms with van der Waals surface area (Å²) in [7, 11) is 0. The Hall–Kier alpha value is -1.25. The van der Waals surface area contributed by atoms with Crippen LogP contribution in [0.15, 0.2) is 40.9 Å². The van der Waals surface area contributed by atoms with E-state index in [1.807, 2.05) is 0 Å². The van der Waals surface area contributed by atoms with E-state index < -0.39 is 0 Å². The summed E-state index contributed by atoms with van der Waals surface area (Å²) in [5.74, 6) is 0. The zero-order valence-corrected chi connectivity index (χ0v) is 4.49. The third-order valence-electron chi connectivity index (χ3n) is 0.357. The molecule has 0 aliphatic rings. The molecule has 0 atom stereocenters. The molecule has 0 rings (SSSR count). The second-order valence-corrected chi connectivity index (χ2v) is 0.888. The van der Waals surface area contributed by atoms with Crippen LogP contribution in [0.2, 0.25) is 0 Å². The maximum absolute atomic E-state index is 3.42. The first-order valence-corrected chi connectivity index (χ1v) is 2.07. The molecule has 42 valence electrons. The molecule has 0 aromatic heterocycles. The van der Waals surface area contributed by atoms with Crippen molar-refractivity contribution < 1.29 is 0 Å². The van der Waals surface area contributed by atoms with Gasteiger partial charge in [-0.1, -0.05) is 13.2 Å². The maximum Gasteiger partial charge on any atom is 0.0507 e. The van der Waals surface area contributed by atoms with Gasteiger partial charge in [-0.25, -0.2) is 0 Å². The van der Waals surface area contributed by atoms with Crippen LogP contribution in [0.3, 0.4) is 0 Å². The molecule has 0 aromatic carbocycles. The molecular weight excluding hydrogens is 102 g/mol. The van der Waals surface area contributed by atoms with E-state index in [9.17, 15) is 0 Å². The van der Waals surface area contributed by atoms with Crippen LogP contribution in [-0.4, -0.2) is 6.21 Å². The van der Waals surface area contributed by atoms with Gasteiger partial charge in [0.25, 0.3) is 0 Å². The van der Waals surface area contributed by atoms with Crippen LogP contribution in [0.1, 0.15) is 0 Å². The average Bonchev–Trinajstić information content (AvgIpc) is 1.81. The van der Waals surface area contributed by atoms with E-state index in [0.717, 1.165) is 0 Å². The van der Waals surface area contributed by atoms with Crippen LogP contribution in [0, 0.1) is 0 Å². The first kappa shape index (κ1) is 6.75. The molecule has 0 aliphatic carbocycles. The summed E-state index contributed by atoms with van der Waals surface area (Å²) in [6.45, 7) is 6.68. The molecule has 3 nitrogen and oxygen atoms in total. The molecule has 0 saturated heterocycles. The fourth-order valence-corrected chi connectivity index (χ4v) is 0.143. The Labute approximate surface area is 48.1 Å². The summed E-state index contributed by atoms with van der Waals surface area (Å²) in [5, 5.41) is 10.1. The number of rotatable bonds is 3. The molecule has 0 N–H and O–H groups in total. The Bertz CT molecular complexity index is 108. The monoisotopic (exact) mass is 109 g/mol. The van der Waals surface area contributed by atoms with Gasteiger partial charge in [0.1, 0.15) is 0 Å². The van der Waals surface area contributed by atoms with Crippen molar-refractivity contribution in [3.63, 3.8) is 0 Å². The molecule has 0 aliphatic heterocycles. The van der Waals surface area contributed by atoms with E-state index in [-0.39, 0.29) is 0 Å². The van der Waals surface area contributed by atoms with Gasteiger partial charge in [0, 0.05) is 6.20 Å². The highest BCUT2D eigenvalue weighted by molar-refractivity contribution is 5.69. The van der Waals surface area contributed by atoms with Gasteiger partial charge in [0.05, 0.1) is 6.21 Å². The first-order chi connectivity index (χ1) is 3.91. The highest BCUT2D eigenvalue weighted by atomic mass is 15.3. The van der Waals surface area contributed by atoms with Gasteiger partial charge in [-0.05, 0) is 11.3 Å². The van der Waals surface area contributed by atoms with Crippen molar-refractivity contribution >= 4 is 6.21 Å². The highest BCUT2D eigenvalue weighted by Gasteiger charge is 1.55. The molecule has 3 heteroatoms. The quantitative estimate of drug-likeness (QED) is 0.301. The summed E-state index contributed by atoms with van der Waals surface area (Å²) < 4.78 is 0. The van der Waals surface area contributed by atoms with Gasteiger partial charge >= 0.3 is 0 Å². The molecule has 0 amide bonds. The van der Waals surface area contributed by atoms with Crippen molar-refractivity contribution in [2.45, 2.75) is 0 Å². The summed E-state index contributed by atoms with van der Waals surface area (Å²) in [6.07, 6.45) is 4.26. The summed E-state index contributed by atoms with van der Waals surface area (Å²) in [6, 6.07) is 0. The predicted octanol–water partition coefficient (Wildman–Crippen LogP) is 1.75. The van der Waals surface area contributed by atoms with Crippen LogP contribution in [0.25, 0.3) is 0 Å². The Morgan fingerprint density at radius 2 is 2.00 bits per heavy atom. The molecule has 0 heterocycles. The topological polar surface area (TPSA) is 37.1 Å². The minimum absolute atomic E-state index is 1.31. The van der Waals surface area contributed by atoms with E-state index in [4.69, 9.17) is 0 Å². The summed E-state index contributed by atoms with van der Waals surface area (Å²) in [4.78, 5) is 0. The maximum atomic E-state index is 3.42. The lowest BCUT2D eigenvalue weighted by atomic mass is 10.7. The van der Waals surface area contributed by atoms with Crippen molar-refractivity contribution in [3.05, 3.63) is 25.4 Å². The lowest BCUT2D eigenvalue weighted by molar-refractivity contribution is 1.06. The van der Waals surface area contributed by atoms with Crippen LogP contribution in [0.4, 0.5) is 0 Å². The zero-order chi connectivity index (χ0) is 6.24. The highest BCUT2D eigenvalue weighted by Crippen LogP contribution is 1.73. The molecule has 0 saturated carbocycles. The smallest absolute Gasteiger partial charge is 0.0507 e. The van der Waals surface area contributed by atoms with Gasteiger partial charge < -0.3 is 0 Å². The van der Waals surface area contributed by atoms with E-state index in [2.05, 4.69) is 28.6 Å². The van der Waals surface area contributed by atoms with Crippen molar-refractivity contribution in [2.24, 2.45) is 15.4 Å². The molecule has 0 unspecified atom stereocenters. The van der Waals surface area contributed by atoms with Gasteiger partial charge in [-0.15, -0.1) is 10.2 Å². The average molecular weight is 109 g/mol. The van der Waals surface area contributed by atoms with Crippen molar-refractivity contribution in [2.75, 3.05) is 0 Å². The third kappa shape index (κ3) is 4.75. The van der Waals surface area contributed by atoms with E-state index in [1.165, 1.54) is 18.5 Å². The molecule has 0 aromatic rings. The lowest BCUT2D eigenvalue weighted by Crippen LogP contribution is -1.54. The van der Waals surface area contributed by atoms with Crippen molar-refractivity contribution in [1.82, 2.24) is 0 Å². The second-order valence-electron chi connectivity index (χ2n) is 0.888. The van der Waals surface area contributed by atoms with Crippen LogP contribution in [0.5, 0.6) is 0 Å². The third-order valence-corrected chi connectivity index (χ3v) is 0.357. The predicted molar refractivity (Wildman–Crippen MR) is 33.7 cm³/mol.